The van der Waals surface area contributed by atoms with Crippen LogP contribution in [0.2, 0.25) is 0 Å². The van der Waals surface area contributed by atoms with Crippen molar-refractivity contribution < 1.29 is 19.1 Å². The van der Waals surface area contributed by atoms with E-state index < -0.39 is 11.7 Å². The van der Waals surface area contributed by atoms with Gasteiger partial charge in [0.1, 0.15) is 5.60 Å². The van der Waals surface area contributed by atoms with Gasteiger partial charge in [-0.1, -0.05) is 26.0 Å². The Morgan fingerprint density at radius 2 is 1.71 bits per heavy atom. The number of carbonyl (C=O) groups excluding carboxylic acids is 3. The molecule has 3 heterocycles. The predicted molar refractivity (Wildman–Crippen MR) is 129 cm³/mol. The summed E-state index contributed by atoms with van der Waals surface area (Å²) in [7, 11) is 0. The Morgan fingerprint density at radius 3 is 2.26 bits per heavy atom. The topological polar surface area (TPSA) is 93.0 Å². The van der Waals surface area contributed by atoms with Crippen LogP contribution in [0.3, 0.4) is 0 Å². The molecular formula is C26H30N4O4. The summed E-state index contributed by atoms with van der Waals surface area (Å²) in [5, 5.41) is 2.81. The predicted octanol–water partition coefficient (Wildman–Crippen LogP) is 5.38. The molecule has 1 fully saturated rings. The molecule has 0 unspecified atom stereocenters. The third-order valence-electron chi connectivity index (χ3n) is 5.50. The molecule has 3 aromatic rings. The maximum absolute atomic E-state index is 12.7. The Kier molecular flexibility index (Phi) is 6.17. The number of imide groups is 1. The van der Waals surface area contributed by atoms with Crippen LogP contribution in [-0.2, 0) is 11.3 Å². The van der Waals surface area contributed by atoms with Gasteiger partial charge in [-0.3, -0.25) is 19.8 Å². The largest absolute Gasteiger partial charge is 0.444 e. The van der Waals surface area contributed by atoms with Gasteiger partial charge in [-0.05, 0) is 63.3 Å². The lowest BCUT2D eigenvalue weighted by Gasteiger charge is -2.20. The molecule has 1 aromatic carbocycles. The first kappa shape index (κ1) is 23.5. The Morgan fingerprint density at radius 1 is 1.09 bits per heavy atom. The zero-order valence-electron chi connectivity index (χ0n) is 20.2. The van der Waals surface area contributed by atoms with Crippen molar-refractivity contribution in [2.24, 2.45) is 0 Å². The number of nitrogens with zero attached hydrogens (tertiary/aromatic N) is 3. The molecule has 1 aliphatic carbocycles. The minimum Gasteiger partial charge on any atom is -0.444 e. The molecule has 1 aliphatic heterocycles. The van der Waals surface area contributed by atoms with Gasteiger partial charge in [0.05, 0.1) is 29.1 Å². The molecule has 8 nitrogen and oxygen atoms in total. The Balaban J connectivity index is 0.00000133. The van der Waals surface area contributed by atoms with Gasteiger partial charge in [0, 0.05) is 12.4 Å². The van der Waals surface area contributed by atoms with Crippen molar-refractivity contribution >= 4 is 29.2 Å². The number of fused-ring (bicyclic) bond motifs is 2. The molecule has 0 spiro atoms. The van der Waals surface area contributed by atoms with Crippen LogP contribution in [0.4, 0.5) is 10.5 Å². The number of benzene rings is 1. The van der Waals surface area contributed by atoms with Crippen LogP contribution in [0, 0.1) is 0 Å². The average Bonchev–Trinajstić information content (AvgIpc) is 3.52. The van der Waals surface area contributed by atoms with Crippen molar-refractivity contribution in [2.75, 3.05) is 5.32 Å². The second kappa shape index (κ2) is 8.93. The first-order valence-corrected chi connectivity index (χ1v) is 11.7. The molecule has 8 heteroatoms. The Hall–Kier alpha value is -3.68. The molecule has 1 saturated carbocycles. The van der Waals surface area contributed by atoms with Crippen LogP contribution in [0.25, 0.3) is 5.65 Å². The molecule has 2 aliphatic rings. The molecule has 0 bridgehead atoms. The fraction of sp³-hybridized carbons (Fsp3) is 0.385. The lowest BCUT2D eigenvalue weighted by molar-refractivity contribution is 0.0625. The summed E-state index contributed by atoms with van der Waals surface area (Å²) in [6, 6.07) is 8.72. The summed E-state index contributed by atoms with van der Waals surface area (Å²) < 4.78 is 7.24. The monoisotopic (exact) mass is 462 g/mol. The SMILES string of the molecule is CC.CC(C)(C)OC(=O)Nc1cc(C2CC2)cn2cc(CN3C(=O)c4ccccc4C3=O)nc12. The van der Waals surface area contributed by atoms with Crippen LogP contribution in [0.5, 0.6) is 0 Å². The molecule has 2 aromatic heterocycles. The standard InChI is InChI=1S/C24H24N4O4.C2H6/c1-24(2,3)32-23(31)26-19-10-15(14-8-9-14)11-27-12-16(25-20(19)27)13-28-21(29)17-6-4-5-7-18(17)22(28)30;1-2/h4-7,10-12,14H,8-9,13H2,1-3H3,(H,26,31);1-2H3. The lowest BCUT2D eigenvalue weighted by atomic mass is 10.1. The number of imidazole rings is 1. The summed E-state index contributed by atoms with van der Waals surface area (Å²) in [5.74, 6) is -0.192. The number of carbonyl (C=O) groups is 3. The highest BCUT2D eigenvalue weighted by atomic mass is 16.6. The molecule has 0 radical (unpaired) electrons. The van der Waals surface area contributed by atoms with Gasteiger partial charge in [0.25, 0.3) is 11.8 Å². The number of anilines is 1. The van der Waals surface area contributed by atoms with Crippen molar-refractivity contribution in [3.63, 3.8) is 0 Å². The zero-order valence-corrected chi connectivity index (χ0v) is 20.2. The summed E-state index contributed by atoms with van der Waals surface area (Å²) in [6.07, 6.45) is 5.44. The van der Waals surface area contributed by atoms with Crippen LogP contribution >= 0.6 is 0 Å². The average molecular weight is 463 g/mol. The fourth-order valence-corrected chi connectivity index (χ4v) is 3.94. The molecular weight excluding hydrogens is 432 g/mol. The number of hydrogen-bond donors (Lipinski definition) is 1. The van der Waals surface area contributed by atoms with Gasteiger partial charge in [0.2, 0.25) is 0 Å². The quantitative estimate of drug-likeness (QED) is 0.526. The Bertz CT molecular complexity index is 1230. The van der Waals surface area contributed by atoms with E-state index in [1.54, 1.807) is 51.2 Å². The molecule has 5 rings (SSSR count). The fourth-order valence-electron chi connectivity index (χ4n) is 3.94. The molecule has 1 N–H and O–H groups in total. The van der Waals surface area contributed by atoms with Gasteiger partial charge < -0.3 is 9.14 Å². The minimum atomic E-state index is -0.624. The van der Waals surface area contributed by atoms with Crippen LogP contribution in [0.1, 0.15) is 85.4 Å². The highest BCUT2D eigenvalue weighted by molar-refractivity contribution is 6.21. The first-order chi connectivity index (χ1) is 16.2. The lowest BCUT2D eigenvalue weighted by Crippen LogP contribution is -2.29. The van der Waals surface area contributed by atoms with E-state index >= 15 is 0 Å². The van der Waals surface area contributed by atoms with E-state index in [9.17, 15) is 14.4 Å². The highest BCUT2D eigenvalue weighted by Crippen LogP contribution is 2.41. The van der Waals surface area contributed by atoms with Gasteiger partial charge in [-0.2, -0.15) is 0 Å². The van der Waals surface area contributed by atoms with E-state index in [1.807, 2.05) is 30.5 Å². The summed E-state index contributed by atoms with van der Waals surface area (Å²) in [5.41, 5.74) is 2.92. The molecule has 34 heavy (non-hydrogen) atoms. The van der Waals surface area contributed by atoms with Crippen LogP contribution in [-0.4, -0.2) is 37.8 Å². The van der Waals surface area contributed by atoms with E-state index in [2.05, 4.69) is 10.3 Å². The van der Waals surface area contributed by atoms with E-state index in [-0.39, 0.29) is 18.4 Å². The number of rotatable bonds is 4. The first-order valence-electron chi connectivity index (χ1n) is 11.7. The third kappa shape index (κ3) is 4.66. The van der Waals surface area contributed by atoms with Crippen molar-refractivity contribution in [3.05, 3.63) is 65.1 Å². The molecule has 3 amide bonds. The van der Waals surface area contributed by atoms with Gasteiger partial charge in [-0.25, -0.2) is 9.78 Å². The smallest absolute Gasteiger partial charge is 0.412 e. The summed E-state index contributed by atoms with van der Waals surface area (Å²) in [6.45, 7) is 9.47. The van der Waals surface area contributed by atoms with Crippen molar-refractivity contribution in [2.45, 2.75) is 65.5 Å². The van der Waals surface area contributed by atoms with E-state index in [0.717, 1.165) is 18.4 Å². The van der Waals surface area contributed by atoms with Crippen molar-refractivity contribution in [1.82, 2.24) is 14.3 Å². The van der Waals surface area contributed by atoms with Gasteiger partial charge >= 0.3 is 6.09 Å². The number of hydrogen-bond acceptors (Lipinski definition) is 5. The van der Waals surface area contributed by atoms with Crippen molar-refractivity contribution in [3.8, 4) is 0 Å². The van der Waals surface area contributed by atoms with Crippen LogP contribution in [0.15, 0.2) is 42.7 Å². The molecule has 0 atom stereocenters. The minimum absolute atomic E-state index is 0.0542. The maximum atomic E-state index is 12.7. The van der Waals surface area contributed by atoms with Gasteiger partial charge in [-0.15, -0.1) is 0 Å². The maximum Gasteiger partial charge on any atom is 0.412 e. The summed E-state index contributed by atoms with van der Waals surface area (Å²) >= 11 is 0. The van der Waals surface area contributed by atoms with Crippen molar-refractivity contribution in [1.29, 1.82) is 0 Å². The second-order valence-electron chi connectivity index (χ2n) is 9.29. The molecule has 0 saturated heterocycles. The number of amides is 3. The van der Waals surface area contributed by atoms with E-state index in [1.165, 1.54) is 4.90 Å². The van der Waals surface area contributed by atoms with E-state index in [4.69, 9.17) is 4.74 Å². The van der Waals surface area contributed by atoms with E-state index in [0.29, 0.717) is 34.1 Å². The second-order valence-corrected chi connectivity index (χ2v) is 9.29. The normalized spacial score (nSPS) is 15.1. The Labute approximate surface area is 198 Å². The van der Waals surface area contributed by atoms with Gasteiger partial charge in [0.15, 0.2) is 5.65 Å². The number of nitrogens with one attached hydrogen (secondary N) is 1. The summed E-state index contributed by atoms with van der Waals surface area (Å²) in [4.78, 5) is 43.7. The third-order valence-corrected chi connectivity index (χ3v) is 5.50. The highest BCUT2D eigenvalue weighted by Gasteiger charge is 2.35. The zero-order chi connectivity index (χ0) is 24.6. The van der Waals surface area contributed by atoms with Crippen LogP contribution < -0.4 is 5.32 Å². The number of pyridine rings is 1. The number of ether oxygens (including phenoxy) is 1. The molecule has 178 valence electrons. The number of aromatic nitrogens is 2.